The van der Waals surface area contributed by atoms with E-state index in [1.165, 1.54) is 11.1 Å². The summed E-state index contributed by atoms with van der Waals surface area (Å²) in [5, 5.41) is 11.0. The molecule has 5 rings (SSSR count). The predicted molar refractivity (Wildman–Crippen MR) is 120 cm³/mol. The molecule has 2 aliphatic heterocycles. The van der Waals surface area contributed by atoms with Gasteiger partial charge in [0.2, 0.25) is 0 Å². The van der Waals surface area contributed by atoms with Gasteiger partial charge in [0, 0.05) is 31.7 Å². The molecule has 0 radical (unpaired) electrons. The topological polar surface area (TPSA) is 52.2 Å². The second kappa shape index (κ2) is 8.93. The molecule has 0 aliphatic carbocycles. The molecule has 0 bridgehead atoms. The van der Waals surface area contributed by atoms with E-state index < -0.39 is 0 Å². The van der Waals surface area contributed by atoms with Crippen molar-refractivity contribution in [2.45, 2.75) is 24.7 Å². The van der Waals surface area contributed by atoms with E-state index in [4.69, 9.17) is 0 Å². The van der Waals surface area contributed by atoms with Crippen LogP contribution in [0.3, 0.4) is 0 Å². The lowest BCUT2D eigenvalue weighted by Gasteiger charge is -2.34. The highest BCUT2D eigenvalue weighted by Crippen LogP contribution is 2.36. The third-order valence-electron chi connectivity index (χ3n) is 6.87. The molecule has 2 saturated heterocycles. The number of carbonyl (C=O) groups excluding carboxylic acids is 1. The molecule has 0 saturated carbocycles. The van der Waals surface area contributed by atoms with Crippen LogP contribution in [0.5, 0.6) is 0 Å². The van der Waals surface area contributed by atoms with E-state index in [-0.39, 0.29) is 11.7 Å². The third-order valence-corrected chi connectivity index (χ3v) is 7.57. The number of hydrogen-bond donors (Lipinski definition) is 1. The van der Waals surface area contributed by atoms with Gasteiger partial charge < -0.3 is 9.80 Å². The van der Waals surface area contributed by atoms with Gasteiger partial charge in [0.1, 0.15) is 5.82 Å². The fourth-order valence-electron chi connectivity index (χ4n) is 5.15. The highest BCUT2D eigenvalue weighted by Gasteiger charge is 2.38. The Morgan fingerprint density at radius 3 is 2.61 bits per heavy atom. The second-order valence-corrected chi connectivity index (χ2v) is 9.53. The number of piperidine rings is 1. The van der Waals surface area contributed by atoms with Crippen LogP contribution < -0.4 is 0 Å². The number of nitrogens with one attached hydrogen (secondary N) is 1. The Kier molecular flexibility index (Phi) is 5.87. The summed E-state index contributed by atoms with van der Waals surface area (Å²) in [6, 6.07) is 9.20. The molecule has 3 aromatic rings. The number of H-pyrrole nitrogens is 1. The lowest BCUT2D eigenvalue weighted by atomic mass is 9.87. The molecule has 2 fully saturated rings. The quantitative estimate of drug-likeness (QED) is 0.645. The van der Waals surface area contributed by atoms with Crippen molar-refractivity contribution in [3.63, 3.8) is 0 Å². The third kappa shape index (κ3) is 4.43. The summed E-state index contributed by atoms with van der Waals surface area (Å²) in [6.45, 7) is 4.64. The van der Waals surface area contributed by atoms with Crippen LogP contribution in [0.15, 0.2) is 53.5 Å². The number of halogens is 1. The van der Waals surface area contributed by atoms with Crippen molar-refractivity contribution in [2.75, 3.05) is 32.7 Å². The van der Waals surface area contributed by atoms with Crippen molar-refractivity contribution < 1.29 is 9.18 Å². The molecule has 1 aromatic carbocycles. The summed E-state index contributed by atoms with van der Waals surface area (Å²) in [5.41, 5.74) is 3.22. The van der Waals surface area contributed by atoms with Crippen LogP contribution in [0.4, 0.5) is 4.39 Å². The van der Waals surface area contributed by atoms with Crippen molar-refractivity contribution in [3.05, 3.63) is 76.0 Å². The summed E-state index contributed by atoms with van der Waals surface area (Å²) in [4.78, 5) is 17.5. The van der Waals surface area contributed by atoms with Crippen molar-refractivity contribution in [1.29, 1.82) is 0 Å². The van der Waals surface area contributed by atoms with Gasteiger partial charge >= 0.3 is 0 Å². The van der Waals surface area contributed by atoms with Gasteiger partial charge in [0.15, 0.2) is 0 Å². The molecule has 2 aromatic heterocycles. The van der Waals surface area contributed by atoms with Gasteiger partial charge in [0.25, 0.3) is 5.91 Å². The number of likely N-dealkylation sites (tertiary alicyclic amines) is 2. The molecule has 31 heavy (non-hydrogen) atoms. The number of aromatic nitrogens is 2. The summed E-state index contributed by atoms with van der Waals surface area (Å²) in [5.74, 6) is 1.19. The Labute approximate surface area is 185 Å². The van der Waals surface area contributed by atoms with Gasteiger partial charge in [-0.25, -0.2) is 4.39 Å². The van der Waals surface area contributed by atoms with Crippen LogP contribution in [0.25, 0.3) is 0 Å². The molecule has 2 atom stereocenters. The van der Waals surface area contributed by atoms with Crippen LogP contribution in [0.2, 0.25) is 0 Å². The molecule has 4 heterocycles. The molecule has 7 heteroatoms. The molecule has 5 nitrogen and oxygen atoms in total. The molecule has 162 valence electrons. The maximum atomic E-state index is 13.2. The number of amides is 1. The first-order valence-corrected chi connectivity index (χ1v) is 11.9. The Hall–Kier alpha value is -2.51. The van der Waals surface area contributed by atoms with Crippen molar-refractivity contribution in [2.24, 2.45) is 5.92 Å². The molecular weight excluding hydrogens is 411 g/mol. The fourth-order valence-corrected chi connectivity index (χ4v) is 5.88. The second-order valence-electron chi connectivity index (χ2n) is 8.75. The number of benzene rings is 1. The Balaban J connectivity index is 1.24. The van der Waals surface area contributed by atoms with Crippen LogP contribution >= 0.6 is 11.3 Å². The van der Waals surface area contributed by atoms with E-state index in [1.54, 1.807) is 35.9 Å². The van der Waals surface area contributed by atoms with Gasteiger partial charge in [-0.1, -0.05) is 12.1 Å². The predicted octanol–water partition coefficient (Wildman–Crippen LogP) is 4.35. The average Bonchev–Trinajstić information content (AvgIpc) is 3.56. The van der Waals surface area contributed by atoms with Crippen molar-refractivity contribution in [1.82, 2.24) is 20.0 Å². The molecule has 0 spiro atoms. The van der Waals surface area contributed by atoms with Gasteiger partial charge in [-0.05, 0) is 77.9 Å². The van der Waals surface area contributed by atoms with Gasteiger partial charge in [0.05, 0.1) is 11.8 Å². The smallest absolute Gasteiger partial charge is 0.257 e. The average molecular weight is 439 g/mol. The number of rotatable bonds is 5. The van der Waals surface area contributed by atoms with Crippen LogP contribution in [-0.4, -0.2) is 58.6 Å². The van der Waals surface area contributed by atoms with Crippen LogP contribution in [-0.2, 0) is 0 Å². The molecule has 2 unspecified atom stereocenters. The summed E-state index contributed by atoms with van der Waals surface area (Å²) < 4.78 is 13.2. The lowest BCUT2D eigenvalue weighted by molar-refractivity contribution is 0.0781. The zero-order valence-electron chi connectivity index (χ0n) is 17.4. The highest BCUT2D eigenvalue weighted by atomic mass is 32.1. The first-order chi connectivity index (χ1) is 15.2. The zero-order valence-corrected chi connectivity index (χ0v) is 18.2. The number of carbonyl (C=O) groups is 1. The first kappa shape index (κ1) is 20.4. The van der Waals surface area contributed by atoms with E-state index in [0.717, 1.165) is 45.6 Å². The van der Waals surface area contributed by atoms with Gasteiger partial charge in [-0.3, -0.25) is 9.89 Å². The Bertz CT molecular complexity index is 981. The standard InChI is InChI=1S/C24H27FN4OS/c25-22-3-1-17(2-4-22)18-5-8-28(9-6-18)13-21-14-29(24(30)20-11-26-27-12-20)15-23(21)19-7-10-31-16-19/h1-4,7,10-12,16,18,21,23H,5-6,8-9,13-15H2,(H,26,27). The van der Waals surface area contributed by atoms with E-state index in [9.17, 15) is 9.18 Å². The van der Waals surface area contributed by atoms with E-state index in [0.29, 0.717) is 23.3 Å². The highest BCUT2D eigenvalue weighted by molar-refractivity contribution is 7.08. The lowest BCUT2D eigenvalue weighted by Crippen LogP contribution is -2.38. The fraction of sp³-hybridized carbons (Fsp3) is 0.417. The number of thiophene rings is 1. The number of hydrogen-bond acceptors (Lipinski definition) is 4. The van der Waals surface area contributed by atoms with E-state index >= 15 is 0 Å². The van der Waals surface area contributed by atoms with Crippen LogP contribution in [0, 0.1) is 11.7 Å². The Morgan fingerprint density at radius 2 is 1.94 bits per heavy atom. The van der Waals surface area contributed by atoms with Crippen molar-refractivity contribution >= 4 is 17.2 Å². The van der Waals surface area contributed by atoms with Gasteiger partial charge in [-0.2, -0.15) is 16.4 Å². The first-order valence-electron chi connectivity index (χ1n) is 11.0. The summed E-state index contributed by atoms with van der Waals surface area (Å²) in [6.07, 6.45) is 5.48. The monoisotopic (exact) mass is 438 g/mol. The Morgan fingerprint density at radius 1 is 1.13 bits per heavy atom. The summed E-state index contributed by atoms with van der Waals surface area (Å²) >= 11 is 1.72. The molecule has 1 amide bonds. The zero-order chi connectivity index (χ0) is 21.2. The number of aromatic amines is 1. The minimum absolute atomic E-state index is 0.0616. The normalized spacial score (nSPS) is 22.8. The van der Waals surface area contributed by atoms with Crippen molar-refractivity contribution in [3.8, 4) is 0 Å². The largest absolute Gasteiger partial charge is 0.338 e. The van der Waals surface area contributed by atoms with E-state index in [2.05, 4.69) is 31.9 Å². The minimum Gasteiger partial charge on any atom is -0.338 e. The van der Waals surface area contributed by atoms with Gasteiger partial charge in [-0.15, -0.1) is 0 Å². The molecule has 2 aliphatic rings. The molecule has 1 N–H and O–H groups in total. The SMILES string of the molecule is O=C(c1cn[nH]c1)N1CC(CN2CCC(c3ccc(F)cc3)CC2)C(c2ccsc2)C1. The minimum atomic E-state index is -0.170. The van der Waals surface area contributed by atoms with Crippen LogP contribution in [0.1, 0.15) is 46.2 Å². The number of nitrogens with zero attached hydrogens (tertiary/aromatic N) is 3. The maximum absolute atomic E-state index is 13.2. The van der Waals surface area contributed by atoms with E-state index in [1.807, 2.05) is 17.0 Å². The maximum Gasteiger partial charge on any atom is 0.257 e. The summed E-state index contributed by atoms with van der Waals surface area (Å²) in [7, 11) is 0. The molecular formula is C24H27FN4OS.